The first kappa shape index (κ1) is 18.0. The zero-order chi connectivity index (χ0) is 18.9. The first-order valence-electron chi connectivity index (χ1n) is 7.65. The van der Waals surface area contributed by atoms with Crippen LogP contribution in [-0.2, 0) is 6.42 Å². The van der Waals surface area contributed by atoms with Crippen molar-refractivity contribution < 1.29 is 26.7 Å². The molecule has 0 radical (unpaired) electrons. The van der Waals surface area contributed by atoms with Gasteiger partial charge >= 0.3 is 6.18 Å². The lowest BCUT2D eigenvalue weighted by Crippen LogP contribution is -2.31. The summed E-state index contributed by atoms with van der Waals surface area (Å²) in [5.41, 5.74) is 0.987. The summed E-state index contributed by atoms with van der Waals surface area (Å²) in [7, 11) is 0. The molecule has 0 aliphatic rings. The number of hydrogen-bond acceptors (Lipinski definition) is 3. The van der Waals surface area contributed by atoms with Crippen LogP contribution in [0.1, 0.15) is 18.1 Å². The van der Waals surface area contributed by atoms with Crippen molar-refractivity contribution in [2.75, 3.05) is 0 Å². The minimum Gasteiger partial charge on any atom is -0.463 e. The van der Waals surface area contributed by atoms with Gasteiger partial charge < -0.3 is 4.74 Å². The highest BCUT2D eigenvalue weighted by Crippen LogP contribution is 2.29. The molecule has 0 unspecified atom stereocenters. The Labute approximate surface area is 145 Å². The molecule has 3 rings (SSSR count). The summed E-state index contributed by atoms with van der Waals surface area (Å²) >= 11 is 0. The van der Waals surface area contributed by atoms with Gasteiger partial charge in [0.2, 0.25) is 5.88 Å². The van der Waals surface area contributed by atoms with Crippen LogP contribution in [0.4, 0.5) is 22.0 Å². The van der Waals surface area contributed by atoms with E-state index in [9.17, 15) is 22.0 Å². The van der Waals surface area contributed by atoms with Crippen LogP contribution in [-0.4, -0.2) is 22.5 Å². The van der Waals surface area contributed by atoms with Crippen molar-refractivity contribution in [3.05, 3.63) is 65.4 Å². The molecule has 1 atom stereocenters. The SMILES string of the molecule is C[C@@H](Oc1nncc2cc(Cc3ccc(F)cc3F)ccc12)C(F)(F)F. The highest BCUT2D eigenvalue weighted by Gasteiger charge is 2.38. The van der Waals surface area contributed by atoms with Crippen LogP contribution >= 0.6 is 0 Å². The van der Waals surface area contributed by atoms with Crippen LogP contribution in [0.5, 0.6) is 5.88 Å². The Morgan fingerprint density at radius 1 is 1.08 bits per heavy atom. The Bertz CT molecular complexity index is 943. The summed E-state index contributed by atoms with van der Waals surface area (Å²) < 4.78 is 69.7. The number of aromatic nitrogens is 2. The van der Waals surface area contributed by atoms with E-state index < -0.39 is 23.9 Å². The van der Waals surface area contributed by atoms with Crippen molar-refractivity contribution in [1.82, 2.24) is 10.2 Å². The Morgan fingerprint density at radius 3 is 2.54 bits per heavy atom. The molecule has 0 aliphatic carbocycles. The van der Waals surface area contributed by atoms with E-state index in [-0.39, 0.29) is 12.3 Å². The Morgan fingerprint density at radius 2 is 1.85 bits per heavy atom. The number of fused-ring (bicyclic) bond motifs is 1. The highest BCUT2D eigenvalue weighted by atomic mass is 19.4. The van der Waals surface area contributed by atoms with Crippen molar-refractivity contribution in [2.24, 2.45) is 0 Å². The second-order valence-corrected chi connectivity index (χ2v) is 5.79. The number of alkyl halides is 3. The minimum absolute atomic E-state index is 0.194. The molecule has 3 nitrogen and oxygen atoms in total. The first-order chi connectivity index (χ1) is 12.2. The van der Waals surface area contributed by atoms with Crippen LogP contribution in [0, 0.1) is 11.6 Å². The standard InChI is InChI=1S/C18H13F5N2O/c1-10(18(21,22)23)26-17-15-5-2-11(7-13(15)9-24-25-17)6-12-3-4-14(19)8-16(12)20/h2-5,7-10H,6H2,1H3/t10-/m1/s1. The fourth-order valence-electron chi connectivity index (χ4n) is 2.43. The van der Waals surface area contributed by atoms with E-state index in [1.54, 1.807) is 18.2 Å². The van der Waals surface area contributed by atoms with Crippen molar-refractivity contribution in [3.8, 4) is 5.88 Å². The van der Waals surface area contributed by atoms with Gasteiger partial charge in [-0.3, -0.25) is 0 Å². The molecule has 8 heteroatoms. The fraction of sp³-hybridized carbons (Fsp3) is 0.222. The molecule has 136 valence electrons. The number of ether oxygens (including phenoxy) is 1. The Hall–Kier alpha value is -2.77. The normalized spacial score (nSPS) is 13.0. The van der Waals surface area contributed by atoms with Gasteiger partial charge in [0.05, 0.1) is 6.20 Å². The number of nitrogens with zero attached hydrogens (tertiary/aromatic N) is 2. The minimum atomic E-state index is -4.52. The summed E-state index contributed by atoms with van der Waals surface area (Å²) in [6, 6.07) is 8.12. The van der Waals surface area contributed by atoms with Gasteiger partial charge in [0, 0.05) is 23.3 Å². The molecular weight excluding hydrogens is 355 g/mol. The number of benzene rings is 2. The number of hydrogen-bond donors (Lipinski definition) is 0. The van der Waals surface area contributed by atoms with Crippen molar-refractivity contribution >= 4 is 10.8 Å². The third-order valence-electron chi connectivity index (χ3n) is 3.85. The van der Waals surface area contributed by atoms with Gasteiger partial charge in [0.15, 0.2) is 6.10 Å². The third-order valence-corrected chi connectivity index (χ3v) is 3.85. The van der Waals surface area contributed by atoms with Gasteiger partial charge in [-0.05, 0) is 36.2 Å². The lowest BCUT2D eigenvalue weighted by Gasteiger charge is -2.17. The van der Waals surface area contributed by atoms with Crippen LogP contribution in [0.2, 0.25) is 0 Å². The average Bonchev–Trinajstić information content (AvgIpc) is 2.56. The van der Waals surface area contributed by atoms with Gasteiger partial charge in [0.25, 0.3) is 0 Å². The van der Waals surface area contributed by atoms with Crippen molar-refractivity contribution in [2.45, 2.75) is 25.6 Å². The Kier molecular flexibility index (Phi) is 4.76. The van der Waals surface area contributed by atoms with Gasteiger partial charge in [-0.15, -0.1) is 5.10 Å². The van der Waals surface area contributed by atoms with E-state index in [0.717, 1.165) is 19.1 Å². The van der Waals surface area contributed by atoms with E-state index in [0.29, 0.717) is 21.9 Å². The molecule has 0 aliphatic heterocycles. The molecule has 0 saturated heterocycles. The maximum absolute atomic E-state index is 13.8. The smallest absolute Gasteiger partial charge is 0.425 e. The third kappa shape index (κ3) is 3.89. The maximum atomic E-state index is 13.8. The second-order valence-electron chi connectivity index (χ2n) is 5.79. The maximum Gasteiger partial charge on any atom is 0.425 e. The van der Waals surface area contributed by atoms with Gasteiger partial charge in [0.1, 0.15) is 11.6 Å². The van der Waals surface area contributed by atoms with Crippen LogP contribution in [0.15, 0.2) is 42.6 Å². The molecule has 26 heavy (non-hydrogen) atoms. The Balaban J connectivity index is 1.90. The second kappa shape index (κ2) is 6.86. The summed E-state index contributed by atoms with van der Waals surface area (Å²) in [5, 5.41) is 8.15. The summed E-state index contributed by atoms with van der Waals surface area (Å²) in [6.07, 6.45) is -4.98. The topological polar surface area (TPSA) is 35.0 Å². The van der Waals surface area contributed by atoms with Gasteiger partial charge in [-0.25, -0.2) is 8.78 Å². The molecule has 0 N–H and O–H groups in total. The first-order valence-corrected chi connectivity index (χ1v) is 7.65. The van der Waals surface area contributed by atoms with E-state index >= 15 is 0 Å². The molecule has 0 fully saturated rings. The molecule has 0 spiro atoms. The predicted molar refractivity (Wildman–Crippen MR) is 84.8 cm³/mol. The van der Waals surface area contributed by atoms with E-state index in [4.69, 9.17) is 4.74 Å². The van der Waals surface area contributed by atoms with Gasteiger partial charge in [-0.2, -0.15) is 18.3 Å². The zero-order valence-electron chi connectivity index (χ0n) is 13.5. The molecule has 2 aromatic carbocycles. The molecular formula is C18H13F5N2O. The molecule has 3 aromatic rings. The summed E-state index contributed by atoms with van der Waals surface area (Å²) in [6.45, 7) is 0.881. The van der Waals surface area contributed by atoms with Gasteiger partial charge in [-0.1, -0.05) is 12.1 Å². The van der Waals surface area contributed by atoms with Crippen molar-refractivity contribution in [1.29, 1.82) is 0 Å². The number of rotatable bonds is 4. The van der Waals surface area contributed by atoms with E-state index in [2.05, 4.69) is 10.2 Å². The highest BCUT2D eigenvalue weighted by molar-refractivity contribution is 5.86. The average molecular weight is 368 g/mol. The van der Waals surface area contributed by atoms with E-state index in [1.165, 1.54) is 12.3 Å². The van der Waals surface area contributed by atoms with Crippen molar-refractivity contribution in [3.63, 3.8) is 0 Å². The van der Waals surface area contributed by atoms with Crippen LogP contribution in [0.3, 0.4) is 0 Å². The monoisotopic (exact) mass is 368 g/mol. The molecule has 0 saturated carbocycles. The lowest BCUT2D eigenvalue weighted by atomic mass is 10.0. The summed E-state index contributed by atoms with van der Waals surface area (Å²) in [5.74, 6) is -1.56. The lowest BCUT2D eigenvalue weighted by molar-refractivity contribution is -0.189. The number of halogens is 5. The molecule has 0 amide bonds. The predicted octanol–water partition coefficient (Wildman–Crippen LogP) is 4.83. The fourth-order valence-corrected chi connectivity index (χ4v) is 2.43. The molecule has 1 heterocycles. The molecule has 0 bridgehead atoms. The zero-order valence-corrected chi connectivity index (χ0v) is 13.5. The van der Waals surface area contributed by atoms with Crippen LogP contribution in [0.25, 0.3) is 10.8 Å². The largest absolute Gasteiger partial charge is 0.463 e. The quantitative estimate of drug-likeness (QED) is 0.619. The van der Waals surface area contributed by atoms with Crippen LogP contribution < -0.4 is 4.74 Å². The molecule has 1 aromatic heterocycles. The summed E-state index contributed by atoms with van der Waals surface area (Å²) in [4.78, 5) is 0. The van der Waals surface area contributed by atoms with E-state index in [1.807, 2.05) is 0 Å².